The van der Waals surface area contributed by atoms with Crippen LogP contribution in [0.25, 0.3) is 0 Å². The van der Waals surface area contributed by atoms with Crippen molar-refractivity contribution in [1.29, 1.82) is 0 Å². The van der Waals surface area contributed by atoms with E-state index in [1.54, 1.807) is 0 Å². The van der Waals surface area contributed by atoms with Crippen LogP contribution in [0.2, 0.25) is 0 Å². The predicted molar refractivity (Wildman–Crippen MR) is 61.7 cm³/mol. The van der Waals surface area contributed by atoms with Crippen molar-refractivity contribution in [2.45, 2.75) is 40.0 Å². The second-order valence-electron chi connectivity index (χ2n) is 6.10. The summed E-state index contributed by atoms with van der Waals surface area (Å²) >= 11 is 0. The number of hydrogen-bond donors (Lipinski definition) is 0. The molecule has 0 radical (unpaired) electrons. The Morgan fingerprint density at radius 2 is 2.13 bits per heavy atom. The first kappa shape index (κ1) is 11.1. The average molecular weight is 209 g/mol. The van der Waals surface area contributed by atoms with Gasteiger partial charge in [-0.25, -0.2) is 0 Å². The Morgan fingerprint density at radius 3 is 2.67 bits per heavy atom. The predicted octanol–water partition coefficient (Wildman–Crippen LogP) is 2.33. The normalized spacial score (nSPS) is 35.5. The molecule has 2 unspecified atom stereocenters. The molecule has 0 bridgehead atoms. The summed E-state index contributed by atoms with van der Waals surface area (Å²) in [6, 6.07) is 0. The molecule has 0 N–H and O–H groups in total. The summed E-state index contributed by atoms with van der Waals surface area (Å²) in [5.41, 5.74) is 0.608. The molecule has 2 aliphatic rings. The van der Waals surface area contributed by atoms with Gasteiger partial charge in [-0.3, -0.25) is 4.79 Å². The summed E-state index contributed by atoms with van der Waals surface area (Å²) in [6.45, 7) is 9.98. The maximum absolute atomic E-state index is 11.4. The number of nitrogens with zero attached hydrogens (tertiary/aromatic N) is 1. The molecule has 2 fully saturated rings. The molecular weight excluding hydrogens is 186 g/mol. The molecule has 86 valence electrons. The number of carbonyl (C=O) groups excluding carboxylic acids is 1. The number of piperidine rings is 1. The molecule has 1 heterocycles. The minimum absolute atomic E-state index is 0.269. The number of Topliss-reactive ketones (excluding diaryl/α,β-unsaturated/α-hetero) is 1. The van der Waals surface area contributed by atoms with Crippen molar-refractivity contribution < 1.29 is 4.79 Å². The zero-order chi connectivity index (χ0) is 11.1. The lowest BCUT2D eigenvalue weighted by Gasteiger charge is -2.30. The van der Waals surface area contributed by atoms with E-state index in [1.165, 1.54) is 19.4 Å². The van der Waals surface area contributed by atoms with Gasteiger partial charge in [0.05, 0.1) is 0 Å². The summed E-state index contributed by atoms with van der Waals surface area (Å²) in [5, 5.41) is 0. The minimum Gasteiger partial charge on any atom is -0.302 e. The smallest absolute Gasteiger partial charge is 0.138 e. The second kappa shape index (κ2) is 3.89. The van der Waals surface area contributed by atoms with Gasteiger partial charge in [-0.05, 0) is 30.7 Å². The van der Waals surface area contributed by atoms with Crippen LogP contribution in [0, 0.1) is 17.3 Å². The topological polar surface area (TPSA) is 20.3 Å². The van der Waals surface area contributed by atoms with Crippen LogP contribution in [0.5, 0.6) is 0 Å². The third-order valence-corrected chi connectivity index (χ3v) is 4.27. The van der Waals surface area contributed by atoms with Crippen LogP contribution in [0.1, 0.15) is 40.0 Å². The van der Waals surface area contributed by atoms with Gasteiger partial charge < -0.3 is 4.90 Å². The Labute approximate surface area is 93.0 Å². The molecule has 1 saturated heterocycles. The number of ketones is 1. The molecule has 0 spiro atoms. The molecular formula is C13H23NO. The number of carbonyl (C=O) groups is 1. The van der Waals surface area contributed by atoms with E-state index in [9.17, 15) is 4.79 Å². The summed E-state index contributed by atoms with van der Waals surface area (Å²) < 4.78 is 0. The van der Waals surface area contributed by atoms with Gasteiger partial charge >= 0.3 is 0 Å². The van der Waals surface area contributed by atoms with Gasteiger partial charge in [-0.2, -0.15) is 0 Å². The van der Waals surface area contributed by atoms with E-state index in [4.69, 9.17) is 0 Å². The number of rotatable bonds is 3. The van der Waals surface area contributed by atoms with Crippen LogP contribution < -0.4 is 0 Å². The fourth-order valence-electron chi connectivity index (χ4n) is 2.71. The van der Waals surface area contributed by atoms with Crippen LogP contribution in [0.4, 0.5) is 0 Å². The highest BCUT2D eigenvalue weighted by molar-refractivity contribution is 5.81. The average Bonchev–Trinajstić information content (AvgIpc) is 2.77. The van der Waals surface area contributed by atoms with E-state index >= 15 is 0 Å². The molecule has 2 nitrogen and oxygen atoms in total. The lowest BCUT2D eigenvalue weighted by Crippen LogP contribution is -2.40. The molecule has 2 rings (SSSR count). The fraction of sp³-hybridized carbons (Fsp3) is 0.923. The van der Waals surface area contributed by atoms with Crippen LogP contribution in [-0.4, -0.2) is 30.3 Å². The third-order valence-electron chi connectivity index (χ3n) is 4.27. The molecule has 0 amide bonds. The standard InChI is InChI=1S/C13H23NO/c1-10-9-14(7-5-12(10)15)6-4-11-8-13(11,2)3/h10-11H,4-9H2,1-3H3. The molecule has 1 aliphatic heterocycles. The first-order chi connectivity index (χ1) is 6.99. The van der Waals surface area contributed by atoms with Gasteiger partial charge in [0.2, 0.25) is 0 Å². The maximum atomic E-state index is 11.4. The van der Waals surface area contributed by atoms with Gasteiger partial charge in [-0.15, -0.1) is 0 Å². The second-order valence-corrected chi connectivity index (χ2v) is 6.10. The monoisotopic (exact) mass is 209 g/mol. The van der Waals surface area contributed by atoms with E-state index in [2.05, 4.69) is 25.7 Å². The quantitative estimate of drug-likeness (QED) is 0.711. The van der Waals surface area contributed by atoms with Crippen molar-refractivity contribution >= 4 is 5.78 Å². The summed E-state index contributed by atoms with van der Waals surface area (Å²) in [7, 11) is 0. The Hall–Kier alpha value is -0.370. The van der Waals surface area contributed by atoms with Crippen molar-refractivity contribution in [2.24, 2.45) is 17.3 Å². The number of hydrogen-bond acceptors (Lipinski definition) is 2. The fourth-order valence-corrected chi connectivity index (χ4v) is 2.71. The van der Waals surface area contributed by atoms with Crippen LogP contribution in [-0.2, 0) is 4.79 Å². The highest BCUT2D eigenvalue weighted by atomic mass is 16.1. The molecule has 1 aliphatic carbocycles. The zero-order valence-corrected chi connectivity index (χ0v) is 10.3. The van der Waals surface area contributed by atoms with Crippen LogP contribution in [0.3, 0.4) is 0 Å². The Bertz CT molecular complexity index is 259. The third kappa shape index (κ3) is 2.60. The Kier molecular flexibility index (Phi) is 2.89. The van der Waals surface area contributed by atoms with Gasteiger partial charge in [0.15, 0.2) is 0 Å². The Balaban J connectivity index is 1.70. The summed E-state index contributed by atoms with van der Waals surface area (Å²) in [5.74, 6) is 1.66. The van der Waals surface area contributed by atoms with Gasteiger partial charge in [0.1, 0.15) is 5.78 Å². The minimum atomic E-state index is 0.269. The van der Waals surface area contributed by atoms with Crippen molar-refractivity contribution in [2.75, 3.05) is 19.6 Å². The van der Waals surface area contributed by atoms with Crippen molar-refractivity contribution in [3.8, 4) is 0 Å². The largest absolute Gasteiger partial charge is 0.302 e. The molecule has 2 atom stereocenters. The van der Waals surface area contributed by atoms with Crippen LogP contribution >= 0.6 is 0 Å². The van der Waals surface area contributed by atoms with E-state index in [0.717, 1.165) is 25.4 Å². The zero-order valence-electron chi connectivity index (χ0n) is 10.3. The van der Waals surface area contributed by atoms with Gasteiger partial charge in [-0.1, -0.05) is 20.8 Å². The highest BCUT2D eigenvalue weighted by Gasteiger charge is 2.44. The van der Waals surface area contributed by atoms with Crippen molar-refractivity contribution in [3.63, 3.8) is 0 Å². The molecule has 1 saturated carbocycles. The van der Waals surface area contributed by atoms with E-state index in [0.29, 0.717) is 11.2 Å². The van der Waals surface area contributed by atoms with Crippen molar-refractivity contribution in [3.05, 3.63) is 0 Å². The van der Waals surface area contributed by atoms with Gasteiger partial charge in [0, 0.05) is 25.4 Å². The SMILES string of the molecule is CC1CN(CCC2CC2(C)C)CCC1=O. The lowest BCUT2D eigenvalue weighted by atomic mass is 9.98. The molecule has 0 aromatic rings. The molecule has 2 heteroatoms. The molecule has 0 aromatic heterocycles. The van der Waals surface area contributed by atoms with E-state index < -0.39 is 0 Å². The van der Waals surface area contributed by atoms with Crippen LogP contribution in [0.15, 0.2) is 0 Å². The first-order valence-corrected chi connectivity index (χ1v) is 6.24. The summed E-state index contributed by atoms with van der Waals surface area (Å²) in [4.78, 5) is 13.8. The maximum Gasteiger partial charge on any atom is 0.138 e. The Morgan fingerprint density at radius 1 is 1.47 bits per heavy atom. The molecule has 0 aromatic carbocycles. The lowest BCUT2D eigenvalue weighted by molar-refractivity contribution is -0.125. The summed E-state index contributed by atoms with van der Waals surface area (Å²) in [6.07, 6.45) is 3.50. The first-order valence-electron chi connectivity index (χ1n) is 6.24. The van der Waals surface area contributed by atoms with Crippen molar-refractivity contribution in [1.82, 2.24) is 4.90 Å². The number of likely N-dealkylation sites (tertiary alicyclic amines) is 1. The van der Waals surface area contributed by atoms with Gasteiger partial charge in [0.25, 0.3) is 0 Å². The van der Waals surface area contributed by atoms with E-state index in [1.807, 2.05) is 0 Å². The van der Waals surface area contributed by atoms with E-state index in [-0.39, 0.29) is 5.92 Å². The molecule has 15 heavy (non-hydrogen) atoms. The highest BCUT2D eigenvalue weighted by Crippen LogP contribution is 2.53.